The Bertz CT molecular complexity index is 469. The summed E-state index contributed by atoms with van der Waals surface area (Å²) in [4.78, 5) is 11.9. The van der Waals surface area contributed by atoms with Gasteiger partial charge < -0.3 is 15.7 Å². The molecule has 0 saturated heterocycles. The molecule has 1 aromatic rings. The van der Waals surface area contributed by atoms with Gasteiger partial charge in [-0.2, -0.15) is 0 Å². The summed E-state index contributed by atoms with van der Waals surface area (Å²) < 4.78 is 0. The molecule has 96 valence electrons. The Morgan fingerprint density at radius 1 is 1.39 bits per heavy atom. The minimum atomic E-state index is -0.384. The summed E-state index contributed by atoms with van der Waals surface area (Å²) in [5.41, 5.74) is 3.15. The molecule has 0 spiro atoms. The average Bonchev–Trinajstić information content (AvgIpc) is 3.13. The third-order valence-electron chi connectivity index (χ3n) is 3.74. The second-order valence-corrected chi connectivity index (χ2v) is 5.20. The minimum Gasteiger partial charge on any atom is -0.391 e. The summed E-state index contributed by atoms with van der Waals surface area (Å²) in [7, 11) is 0. The summed E-state index contributed by atoms with van der Waals surface area (Å²) in [5, 5.41) is 15.8. The largest absolute Gasteiger partial charge is 0.391 e. The van der Waals surface area contributed by atoms with Crippen molar-refractivity contribution in [2.45, 2.75) is 32.0 Å². The zero-order valence-corrected chi connectivity index (χ0v) is 10.3. The van der Waals surface area contributed by atoms with Crippen molar-refractivity contribution in [3.63, 3.8) is 0 Å². The monoisotopic (exact) mass is 246 g/mol. The number of hydrogen-bond donors (Lipinski definition) is 3. The molecule has 1 aliphatic heterocycles. The third kappa shape index (κ3) is 2.40. The molecule has 1 amide bonds. The highest BCUT2D eigenvalue weighted by Crippen LogP contribution is 2.32. The molecule has 1 unspecified atom stereocenters. The number of carbonyl (C=O) groups excluding carboxylic acids is 1. The molecule has 3 N–H and O–H groups in total. The van der Waals surface area contributed by atoms with Gasteiger partial charge in [0.25, 0.3) is 5.91 Å². The van der Waals surface area contributed by atoms with Crippen LogP contribution in [0.5, 0.6) is 0 Å². The van der Waals surface area contributed by atoms with Gasteiger partial charge in [0.2, 0.25) is 0 Å². The maximum absolute atomic E-state index is 11.9. The number of aliphatic hydroxyl groups excluding tert-OH is 1. The topological polar surface area (TPSA) is 61.4 Å². The number of aliphatic hydroxyl groups is 1. The highest BCUT2D eigenvalue weighted by molar-refractivity contribution is 5.94. The van der Waals surface area contributed by atoms with E-state index < -0.39 is 0 Å². The van der Waals surface area contributed by atoms with E-state index in [1.54, 1.807) is 0 Å². The number of nitrogens with one attached hydrogen (secondary N) is 2. The Hall–Kier alpha value is -1.39. The fraction of sp³-hybridized carbons (Fsp3) is 0.500. The van der Waals surface area contributed by atoms with Crippen molar-refractivity contribution in [1.82, 2.24) is 10.6 Å². The molecular weight excluding hydrogens is 228 g/mol. The Kier molecular flexibility index (Phi) is 3.06. The molecule has 1 aromatic carbocycles. The summed E-state index contributed by atoms with van der Waals surface area (Å²) >= 11 is 0. The van der Waals surface area contributed by atoms with Crippen LogP contribution < -0.4 is 10.6 Å². The number of carbonyl (C=O) groups is 1. The first-order chi connectivity index (χ1) is 8.74. The Labute approximate surface area is 106 Å². The zero-order chi connectivity index (χ0) is 12.5. The normalized spacial score (nSPS) is 19.4. The second kappa shape index (κ2) is 4.71. The van der Waals surface area contributed by atoms with Crippen molar-refractivity contribution in [2.24, 2.45) is 5.92 Å². The SMILES string of the molecule is O=C(NCC(O)C1CC1)c1ccc2c(c1)CNC2. The molecule has 2 aliphatic rings. The first-order valence-corrected chi connectivity index (χ1v) is 6.53. The van der Waals surface area contributed by atoms with E-state index >= 15 is 0 Å². The smallest absolute Gasteiger partial charge is 0.251 e. The lowest BCUT2D eigenvalue weighted by molar-refractivity contribution is 0.0901. The summed E-state index contributed by atoms with van der Waals surface area (Å²) in [6, 6.07) is 5.79. The quantitative estimate of drug-likeness (QED) is 0.736. The van der Waals surface area contributed by atoms with E-state index in [9.17, 15) is 9.90 Å². The van der Waals surface area contributed by atoms with Gasteiger partial charge in [0.05, 0.1) is 6.10 Å². The van der Waals surface area contributed by atoms with Crippen LogP contribution in [0.1, 0.15) is 34.3 Å². The lowest BCUT2D eigenvalue weighted by atomic mass is 10.1. The molecule has 0 radical (unpaired) electrons. The van der Waals surface area contributed by atoms with Crippen LogP contribution in [0.15, 0.2) is 18.2 Å². The van der Waals surface area contributed by atoms with E-state index in [-0.39, 0.29) is 12.0 Å². The lowest BCUT2D eigenvalue weighted by Gasteiger charge is -2.11. The number of benzene rings is 1. The zero-order valence-electron chi connectivity index (χ0n) is 10.3. The van der Waals surface area contributed by atoms with Crippen LogP contribution in [0.25, 0.3) is 0 Å². The van der Waals surface area contributed by atoms with Gasteiger partial charge in [0.1, 0.15) is 0 Å². The van der Waals surface area contributed by atoms with Crippen LogP contribution in [0.4, 0.5) is 0 Å². The molecule has 4 nitrogen and oxygen atoms in total. The van der Waals surface area contributed by atoms with Gasteiger partial charge >= 0.3 is 0 Å². The molecule has 18 heavy (non-hydrogen) atoms. The van der Waals surface area contributed by atoms with Crippen LogP contribution >= 0.6 is 0 Å². The van der Waals surface area contributed by atoms with E-state index in [4.69, 9.17) is 0 Å². The van der Waals surface area contributed by atoms with E-state index in [0.717, 1.165) is 25.9 Å². The molecule has 4 heteroatoms. The molecule has 1 heterocycles. The van der Waals surface area contributed by atoms with Crippen molar-refractivity contribution in [3.8, 4) is 0 Å². The average molecular weight is 246 g/mol. The molecule has 0 bridgehead atoms. The fourth-order valence-electron chi connectivity index (χ4n) is 2.38. The number of amides is 1. The molecule has 1 fully saturated rings. The molecule has 1 saturated carbocycles. The van der Waals surface area contributed by atoms with Crippen molar-refractivity contribution >= 4 is 5.91 Å². The fourth-order valence-corrected chi connectivity index (χ4v) is 2.38. The van der Waals surface area contributed by atoms with Crippen LogP contribution in [0, 0.1) is 5.92 Å². The number of fused-ring (bicyclic) bond motifs is 1. The first-order valence-electron chi connectivity index (χ1n) is 6.53. The standard InChI is InChI=1S/C14H18N2O2/c17-13(9-1-2-9)8-16-14(18)10-3-4-11-6-15-7-12(11)5-10/h3-5,9,13,15,17H,1-2,6-8H2,(H,16,18). The lowest BCUT2D eigenvalue weighted by Crippen LogP contribution is -2.33. The summed E-state index contributed by atoms with van der Waals surface area (Å²) in [6.45, 7) is 2.08. The molecular formula is C14H18N2O2. The van der Waals surface area contributed by atoms with E-state index in [2.05, 4.69) is 10.6 Å². The van der Waals surface area contributed by atoms with Crippen LogP contribution in [-0.2, 0) is 13.1 Å². The molecule has 1 aliphatic carbocycles. The van der Waals surface area contributed by atoms with Crippen molar-refractivity contribution in [3.05, 3.63) is 34.9 Å². The van der Waals surface area contributed by atoms with Gasteiger partial charge in [-0.3, -0.25) is 4.79 Å². The Morgan fingerprint density at radius 3 is 2.94 bits per heavy atom. The van der Waals surface area contributed by atoms with E-state index in [0.29, 0.717) is 18.0 Å². The Morgan fingerprint density at radius 2 is 2.17 bits per heavy atom. The molecule has 1 atom stereocenters. The predicted molar refractivity (Wildman–Crippen MR) is 68.0 cm³/mol. The minimum absolute atomic E-state index is 0.0931. The maximum Gasteiger partial charge on any atom is 0.251 e. The van der Waals surface area contributed by atoms with Gasteiger partial charge in [0.15, 0.2) is 0 Å². The van der Waals surface area contributed by atoms with Crippen LogP contribution in [-0.4, -0.2) is 23.7 Å². The van der Waals surface area contributed by atoms with E-state index in [1.165, 1.54) is 11.1 Å². The molecule has 0 aromatic heterocycles. The highest BCUT2D eigenvalue weighted by atomic mass is 16.3. The van der Waals surface area contributed by atoms with Crippen molar-refractivity contribution in [2.75, 3.05) is 6.54 Å². The van der Waals surface area contributed by atoms with Gasteiger partial charge in [-0.25, -0.2) is 0 Å². The Balaban J connectivity index is 1.61. The second-order valence-electron chi connectivity index (χ2n) is 5.20. The van der Waals surface area contributed by atoms with Crippen LogP contribution in [0.2, 0.25) is 0 Å². The van der Waals surface area contributed by atoms with Gasteiger partial charge in [-0.05, 0) is 42.0 Å². The van der Waals surface area contributed by atoms with Gasteiger partial charge in [-0.15, -0.1) is 0 Å². The van der Waals surface area contributed by atoms with Crippen molar-refractivity contribution < 1.29 is 9.90 Å². The van der Waals surface area contributed by atoms with Crippen molar-refractivity contribution in [1.29, 1.82) is 0 Å². The van der Waals surface area contributed by atoms with Gasteiger partial charge in [0, 0.05) is 25.2 Å². The number of hydrogen-bond acceptors (Lipinski definition) is 3. The summed E-state index contributed by atoms with van der Waals surface area (Å²) in [5.74, 6) is 0.305. The third-order valence-corrected chi connectivity index (χ3v) is 3.74. The summed E-state index contributed by atoms with van der Waals surface area (Å²) in [6.07, 6.45) is 1.79. The number of rotatable bonds is 4. The van der Waals surface area contributed by atoms with Gasteiger partial charge in [-0.1, -0.05) is 6.07 Å². The first kappa shape index (κ1) is 11.7. The van der Waals surface area contributed by atoms with Crippen LogP contribution in [0.3, 0.4) is 0 Å². The van der Waals surface area contributed by atoms with E-state index in [1.807, 2.05) is 18.2 Å². The predicted octanol–water partition coefficient (Wildman–Crippen LogP) is 0.790. The maximum atomic E-state index is 11.9. The molecule has 3 rings (SSSR count). The highest BCUT2D eigenvalue weighted by Gasteiger charge is 2.29.